The summed E-state index contributed by atoms with van der Waals surface area (Å²) in [5.41, 5.74) is 0. The van der Waals surface area contributed by atoms with Crippen molar-refractivity contribution in [1.29, 1.82) is 0 Å². The molecule has 2 heteroatoms. The number of terminal acetylenes is 1. The van der Waals surface area contributed by atoms with Crippen LogP contribution in [0.1, 0.15) is 39.0 Å². The molecule has 0 aromatic carbocycles. The van der Waals surface area contributed by atoms with Gasteiger partial charge in [0.1, 0.15) is 0 Å². The van der Waals surface area contributed by atoms with E-state index in [0.29, 0.717) is 6.04 Å². The van der Waals surface area contributed by atoms with Crippen molar-refractivity contribution < 1.29 is 0 Å². The van der Waals surface area contributed by atoms with E-state index in [0.717, 1.165) is 18.2 Å². The van der Waals surface area contributed by atoms with E-state index in [9.17, 15) is 0 Å². The van der Waals surface area contributed by atoms with Crippen molar-refractivity contribution in [3.05, 3.63) is 0 Å². The Morgan fingerprint density at radius 1 is 1.57 bits per heavy atom. The summed E-state index contributed by atoms with van der Waals surface area (Å²) in [7, 11) is 0. The molecule has 0 aromatic heterocycles. The molecule has 0 saturated carbocycles. The summed E-state index contributed by atoms with van der Waals surface area (Å²) in [6, 6.07) is 0.547. The van der Waals surface area contributed by atoms with Crippen LogP contribution in [0, 0.1) is 12.3 Å². The molecule has 0 aromatic rings. The minimum absolute atomic E-state index is 0.547. The summed E-state index contributed by atoms with van der Waals surface area (Å²) in [6.07, 6.45) is 11.6. The molecule has 2 atom stereocenters. The van der Waals surface area contributed by atoms with Crippen LogP contribution in [-0.4, -0.2) is 23.6 Å². The zero-order valence-electron chi connectivity index (χ0n) is 9.09. The standard InChI is InChI=1S/C12H21NS/c1-3-7-11(13-9-4-2)12-8-5-6-10-14-12/h1,11-13H,4-10H2,2H3. The highest BCUT2D eigenvalue weighted by Gasteiger charge is 2.22. The lowest BCUT2D eigenvalue weighted by atomic mass is 10.0. The van der Waals surface area contributed by atoms with Crippen LogP contribution >= 0.6 is 11.8 Å². The van der Waals surface area contributed by atoms with Crippen LogP contribution in [0.5, 0.6) is 0 Å². The van der Waals surface area contributed by atoms with Gasteiger partial charge >= 0.3 is 0 Å². The molecule has 14 heavy (non-hydrogen) atoms. The summed E-state index contributed by atoms with van der Waals surface area (Å²) in [5.74, 6) is 4.12. The second-order valence-electron chi connectivity index (χ2n) is 3.87. The average Bonchev–Trinajstić information content (AvgIpc) is 2.25. The highest BCUT2D eigenvalue weighted by atomic mass is 32.2. The van der Waals surface area contributed by atoms with Crippen LogP contribution < -0.4 is 5.32 Å². The summed E-state index contributed by atoms with van der Waals surface area (Å²) >= 11 is 2.10. The Labute approximate surface area is 92.4 Å². The predicted molar refractivity (Wildman–Crippen MR) is 65.6 cm³/mol. The Morgan fingerprint density at radius 3 is 3.00 bits per heavy atom. The van der Waals surface area contributed by atoms with Gasteiger partial charge in [-0.25, -0.2) is 0 Å². The molecule has 1 N–H and O–H groups in total. The Morgan fingerprint density at radius 2 is 2.43 bits per heavy atom. The van der Waals surface area contributed by atoms with E-state index in [1.165, 1.54) is 31.4 Å². The topological polar surface area (TPSA) is 12.0 Å². The lowest BCUT2D eigenvalue weighted by Crippen LogP contribution is -2.39. The highest BCUT2D eigenvalue weighted by molar-refractivity contribution is 8.00. The quantitative estimate of drug-likeness (QED) is 0.702. The molecule has 1 aliphatic rings. The van der Waals surface area contributed by atoms with E-state index >= 15 is 0 Å². The SMILES string of the molecule is C#CCC(NCCC)C1CCCCS1. The largest absolute Gasteiger partial charge is 0.312 e. The van der Waals surface area contributed by atoms with Crippen LogP contribution in [0.25, 0.3) is 0 Å². The molecule has 0 radical (unpaired) electrons. The van der Waals surface area contributed by atoms with Gasteiger partial charge in [-0.2, -0.15) is 11.8 Å². The summed E-state index contributed by atoms with van der Waals surface area (Å²) in [4.78, 5) is 0. The molecule has 1 fully saturated rings. The molecule has 2 unspecified atom stereocenters. The smallest absolute Gasteiger partial charge is 0.0295 e. The number of hydrogen-bond acceptors (Lipinski definition) is 2. The first-order chi connectivity index (χ1) is 6.88. The van der Waals surface area contributed by atoms with Gasteiger partial charge in [0.25, 0.3) is 0 Å². The Bertz CT molecular complexity index is 179. The molecule has 1 heterocycles. The third-order valence-electron chi connectivity index (χ3n) is 2.66. The fourth-order valence-corrected chi connectivity index (χ4v) is 3.31. The van der Waals surface area contributed by atoms with Crippen LogP contribution in [0.4, 0.5) is 0 Å². The van der Waals surface area contributed by atoms with Gasteiger partial charge in [0.15, 0.2) is 0 Å². The van der Waals surface area contributed by atoms with E-state index in [4.69, 9.17) is 6.42 Å². The first-order valence-electron chi connectivity index (χ1n) is 5.67. The maximum atomic E-state index is 5.41. The number of hydrogen-bond donors (Lipinski definition) is 1. The van der Waals surface area contributed by atoms with Crippen LogP contribution in [0.15, 0.2) is 0 Å². The molecular formula is C12H21NS. The van der Waals surface area contributed by atoms with Crippen molar-refractivity contribution in [3.8, 4) is 12.3 Å². The van der Waals surface area contributed by atoms with E-state index in [1.807, 2.05) is 0 Å². The summed E-state index contributed by atoms with van der Waals surface area (Å²) in [5, 5.41) is 4.33. The van der Waals surface area contributed by atoms with Gasteiger partial charge in [-0.1, -0.05) is 13.3 Å². The van der Waals surface area contributed by atoms with Crippen LogP contribution in [0.3, 0.4) is 0 Å². The van der Waals surface area contributed by atoms with Gasteiger partial charge in [0.2, 0.25) is 0 Å². The van der Waals surface area contributed by atoms with Crippen molar-refractivity contribution in [3.63, 3.8) is 0 Å². The van der Waals surface area contributed by atoms with Crippen molar-refractivity contribution >= 4 is 11.8 Å². The van der Waals surface area contributed by atoms with Gasteiger partial charge < -0.3 is 5.32 Å². The molecule has 0 amide bonds. The van der Waals surface area contributed by atoms with Crippen LogP contribution in [-0.2, 0) is 0 Å². The number of thioether (sulfide) groups is 1. The lowest BCUT2D eigenvalue weighted by molar-refractivity contribution is 0.471. The second kappa shape index (κ2) is 7.20. The van der Waals surface area contributed by atoms with Crippen LogP contribution in [0.2, 0.25) is 0 Å². The zero-order chi connectivity index (χ0) is 10.2. The van der Waals surface area contributed by atoms with Crippen molar-refractivity contribution in [1.82, 2.24) is 5.32 Å². The molecule has 1 rings (SSSR count). The summed E-state index contributed by atoms with van der Waals surface area (Å²) < 4.78 is 0. The Kier molecular flexibility index (Phi) is 6.14. The first-order valence-corrected chi connectivity index (χ1v) is 6.71. The lowest BCUT2D eigenvalue weighted by Gasteiger charge is -2.29. The third kappa shape index (κ3) is 3.94. The molecule has 1 nitrogen and oxygen atoms in total. The second-order valence-corrected chi connectivity index (χ2v) is 5.22. The van der Waals surface area contributed by atoms with E-state index in [-0.39, 0.29) is 0 Å². The normalized spacial score (nSPS) is 24.1. The molecular weight excluding hydrogens is 190 g/mol. The first kappa shape index (κ1) is 11.9. The summed E-state index contributed by atoms with van der Waals surface area (Å²) in [6.45, 7) is 3.30. The van der Waals surface area contributed by atoms with Gasteiger partial charge in [-0.3, -0.25) is 0 Å². The van der Waals surface area contributed by atoms with E-state index < -0.39 is 0 Å². The fourth-order valence-electron chi connectivity index (χ4n) is 1.87. The molecule has 1 saturated heterocycles. The fraction of sp³-hybridized carbons (Fsp3) is 0.833. The molecule has 1 aliphatic heterocycles. The number of rotatable bonds is 5. The average molecular weight is 211 g/mol. The molecule has 0 bridgehead atoms. The Hall–Kier alpha value is -0.130. The van der Waals surface area contributed by atoms with Gasteiger partial charge in [0, 0.05) is 17.7 Å². The molecule has 0 aliphatic carbocycles. The molecule has 0 spiro atoms. The van der Waals surface area contributed by atoms with E-state index in [2.05, 4.69) is 29.9 Å². The van der Waals surface area contributed by atoms with Gasteiger partial charge in [-0.05, 0) is 31.6 Å². The minimum atomic E-state index is 0.547. The zero-order valence-corrected chi connectivity index (χ0v) is 9.91. The Balaban J connectivity index is 2.35. The maximum absolute atomic E-state index is 5.41. The third-order valence-corrected chi connectivity index (χ3v) is 4.17. The minimum Gasteiger partial charge on any atom is -0.312 e. The predicted octanol–water partition coefficient (Wildman–Crippen LogP) is 2.66. The number of nitrogens with one attached hydrogen (secondary N) is 1. The van der Waals surface area contributed by atoms with Crippen molar-refractivity contribution in [2.75, 3.05) is 12.3 Å². The van der Waals surface area contributed by atoms with Gasteiger partial charge in [-0.15, -0.1) is 12.3 Å². The maximum Gasteiger partial charge on any atom is 0.0295 e. The van der Waals surface area contributed by atoms with Crippen molar-refractivity contribution in [2.45, 2.75) is 50.3 Å². The molecule has 80 valence electrons. The van der Waals surface area contributed by atoms with Crippen molar-refractivity contribution in [2.24, 2.45) is 0 Å². The highest BCUT2D eigenvalue weighted by Crippen LogP contribution is 2.28. The van der Waals surface area contributed by atoms with E-state index in [1.54, 1.807) is 0 Å². The van der Waals surface area contributed by atoms with Gasteiger partial charge in [0.05, 0.1) is 0 Å². The monoisotopic (exact) mass is 211 g/mol.